The molecule has 8 aliphatic heterocycles. The molecule has 700 valence electrons. The van der Waals surface area contributed by atoms with Crippen LogP contribution in [0.3, 0.4) is 0 Å². The highest BCUT2D eigenvalue weighted by Crippen LogP contribution is 2.37. The van der Waals surface area contributed by atoms with Gasteiger partial charge in [0.25, 0.3) is 0 Å². The summed E-state index contributed by atoms with van der Waals surface area (Å²) in [6, 6.07) is 41.2. The summed E-state index contributed by atoms with van der Waals surface area (Å²) in [6.07, 6.45) is 20.1. The first-order chi connectivity index (χ1) is 63.0. The zero-order valence-corrected chi connectivity index (χ0v) is 79.3. The molecule has 0 unspecified atom stereocenters. The predicted octanol–water partition coefficient (Wildman–Crippen LogP) is 17.0. The summed E-state index contributed by atoms with van der Waals surface area (Å²) in [7, 11) is 3.42. The maximum atomic E-state index is 12.9. The van der Waals surface area contributed by atoms with Gasteiger partial charge in [0.2, 0.25) is 0 Å². The number of hydrogen-bond acceptors (Lipinski definition) is 24. The van der Waals surface area contributed by atoms with E-state index < -0.39 is 0 Å². The number of rotatable bonds is 32. The fourth-order valence-electron chi connectivity index (χ4n) is 17.6. The number of nitrogens with zero attached hydrogens (tertiary/aromatic N) is 4. The maximum absolute atomic E-state index is 12.9. The molecule has 0 radical (unpaired) electrons. The summed E-state index contributed by atoms with van der Waals surface area (Å²) < 4.78 is 44.8. The Balaban J connectivity index is 0.000000148. The Morgan fingerprint density at radius 3 is 0.977 bits per heavy atom. The van der Waals surface area contributed by atoms with E-state index in [1.165, 1.54) is 0 Å². The highest BCUT2D eigenvalue weighted by Gasteiger charge is 2.33. The van der Waals surface area contributed by atoms with Gasteiger partial charge >= 0.3 is 0 Å². The number of carbonyl (C=O) groups excluding carboxylic acids is 4. The molecular weight excluding hydrogens is 1730 g/mol. The number of halogens is 4. The summed E-state index contributed by atoms with van der Waals surface area (Å²) in [4.78, 5) is 68.9. The van der Waals surface area contributed by atoms with E-state index in [-0.39, 0.29) is 70.2 Å². The number of piperidine rings is 4. The van der Waals surface area contributed by atoms with E-state index in [9.17, 15) is 19.2 Å². The second-order valence-corrected chi connectivity index (χ2v) is 38.5. The van der Waals surface area contributed by atoms with Gasteiger partial charge < -0.3 is 80.4 Å². The number of aromatic nitrogens is 4. The summed E-state index contributed by atoms with van der Waals surface area (Å²) in [6.45, 7) is 23.4. The molecule has 130 heavy (non-hydrogen) atoms. The first-order valence-electron chi connectivity index (χ1n) is 46.6. The number of carbonyl (C=O) groups is 4. The van der Waals surface area contributed by atoms with Crippen molar-refractivity contribution in [3.8, 4) is 44.5 Å². The predicted molar refractivity (Wildman–Crippen MR) is 518 cm³/mol. The Morgan fingerprint density at radius 2 is 0.708 bits per heavy atom. The average Bonchev–Trinajstić information content (AvgIpc) is 0.822. The molecule has 0 amide bonds. The van der Waals surface area contributed by atoms with Crippen LogP contribution in [0, 0.1) is 35.5 Å². The Morgan fingerprint density at radius 1 is 0.400 bits per heavy atom. The van der Waals surface area contributed by atoms with Gasteiger partial charge in [-0.2, -0.15) is 0 Å². The molecule has 8 aliphatic rings. The standard InChI is InChI=1S/2C26H34ClN3O3.2C25H32ClN3O3/c2*1-32-17-22-6-5-20(15-29-22)26(31)13-23-12-24(25(27)16-30-23)19-3-2-4-21(11-19)28-14-18-7-9-33-10-8-18;2*1-25(2)16-31-21(15-32-25)13-28-19-7-3-5-17(9-19)22-10-20(29-14-23(22)26)11-24(30)18-6-4-8-27-12-18/h2*2-4,11-12,16,18,20,22,28-29H,5-10,13-15,17H2,1H3;2*3,5,7,9-10,14,18,21,27-28H,4,6,8,11-13,15-16H2,1-2H3/t20-,22+;20-,22-;18-,21+;18-,21-/m0111/s1. The van der Waals surface area contributed by atoms with Crippen molar-refractivity contribution >= 4 is 92.3 Å². The molecule has 4 aromatic heterocycles. The SMILES string of the molecule is CC1(C)CO[C@@H](CNc2cccc(-c3cc(CC(=O)[C@@H]4CCCNC4)ncc3Cl)c2)CO1.CC1(C)CO[C@H](CNc2cccc(-c3cc(CC(=O)[C@@H]4CCCNC4)ncc3Cl)c2)CO1.COC[C@H]1CC[C@@H](C(=O)Cc2cc(-c3cccc(NCC4CCOCC4)c3)c(Cl)cn2)CN1.COC[C@H]1CC[C@H](C(=O)Cc2cc(-c3cccc(NCC4CCOCC4)c3)c(Cl)cn2)CN1. The first-order valence-corrected chi connectivity index (χ1v) is 48.1. The molecule has 8 fully saturated rings. The molecular formula is C102H132Cl4N12O12. The summed E-state index contributed by atoms with van der Waals surface area (Å²) in [5.74, 6) is 2.43. The van der Waals surface area contributed by atoms with Crippen LogP contribution < -0.4 is 42.5 Å². The van der Waals surface area contributed by atoms with Crippen LogP contribution in [0.15, 0.2) is 146 Å². The number of ether oxygens (including phenoxy) is 8. The van der Waals surface area contributed by atoms with E-state index in [2.05, 4.69) is 98.9 Å². The number of nitrogens with one attached hydrogen (secondary N) is 8. The van der Waals surface area contributed by atoms with Crippen LogP contribution in [0.5, 0.6) is 0 Å². The first kappa shape index (κ1) is 99.5. The van der Waals surface area contributed by atoms with Crippen molar-refractivity contribution in [2.24, 2.45) is 35.5 Å². The molecule has 8 N–H and O–H groups in total. The lowest BCUT2D eigenvalue weighted by Gasteiger charge is -2.35. The number of pyridine rings is 4. The lowest BCUT2D eigenvalue weighted by atomic mass is 9.89. The van der Waals surface area contributed by atoms with E-state index in [0.29, 0.717) is 136 Å². The minimum atomic E-state index is -0.221. The smallest absolute Gasteiger partial charge is 0.143 e. The monoisotopic (exact) mass is 1860 g/mol. The van der Waals surface area contributed by atoms with Crippen LogP contribution in [-0.2, 0) is 82.8 Å². The van der Waals surface area contributed by atoms with E-state index in [4.69, 9.17) is 84.3 Å². The fourth-order valence-corrected chi connectivity index (χ4v) is 18.4. The fraction of sp³-hybridized carbons (Fsp3) is 0.529. The average molecular weight is 1860 g/mol. The zero-order valence-electron chi connectivity index (χ0n) is 76.3. The number of methoxy groups -OCH3 is 2. The molecule has 0 saturated carbocycles. The topological polar surface area (TPSA) is 290 Å². The van der Waals surface area contributed by atoms with E-state index in [1.807, 2.05) is 113 Å². The third kappa shape index (κ3) is 31.1. The Labute approximate surface area is 787 Å². The molecule has 4 aromatic carbocycles. The third-order valence-corrected chi connectivity index (χ3v) is 26.7. The molecule has 16 rings (SSSR count). The number of hydrogen-bond donors (Lipinski definition) is 8. The van der Waals surface area contributed by atoms with Gasteiger partial charge in [-0.25, -0.2) is 0 Å². The lowest BCUT2D eigenvalue weighted by Crippen LogP contribution is -2.44. The van der Waals surface area contributed by atoms with E-state index >= 15 is 0 Å². The van der Waals surface area contributed by atoms with Crippen molar-refractivity contribution in [2.45, 2.75) is 166 Å². The molecule has 24 nitrogen and oxygen atoms in total. The number of Topliss-reactive ketones (excluding diaryl/α,β-unsaturated/α-hetero) is 4. The number of ketones is 4. The molecule has 8 atom stereocenters. The van der Waals surface area contributed by atoms with E-state index in [0.717, 1.165) is 233 Å². The number of anilines is 4. The van der Waals surface area contributed by atoms with Crippen molar-refractivity contribution in [2.75, 3.05) is 167 Å². The van der Waals surface area contributed by atoms with Crippen molar-refractivity contribution in [1.29, 1.82) is 0 Å². The Kier molecular flexibility index (Phi) is 38.6. The van der Waals surface area contributed by atoms with E-state index in [1.54, 1.807) is 39.0 Å². The molecule has 12 heterocycles. The Bertz CT molecular complexity index is 4630. The van der Waals surface area contributed by atoms with Crippen LogP contribution >= 0.6 is 46.4 Å². The van der Waals surface area contributed by atoms with Crippen molar-refractivity contribution in [1.82, 2.24) is 41.2 Å². The minimum Gasteiger partial charge on any atom is -0.385 e. The third-order valence-electron chi connectivity index (χ3n) is 25.5. The molecule has 0 aliphatic carbocycles. The normalized spacial score (nSPS) is 22.3. The summed E-state index contributed by atoms with van der Waals surface area (Å²) in [5, 5.41) is 29.8. The molecule has 8 aromatic rings. The minimum absolute atomic E-state index is 0.0167. The Hall–Kier alpha value is -7.96. The molecule has 8 saturated heterocycles. The summed E-state index contributed by atoms with van der Waals surface area (Å²) >= 11 is 26.0. The quantitative estimate of drug-likeness (QED) is 0.0194. The second kappa shape index (κ2) is 50.4. The lowest BCUT2D eigenvalue weighted by molar-refractivity contribution is -0.170. The van der Waals surface area contributed by atoms with Gasteiger partial charge in [0.1, 0.15) is 23.1 Å². The van der Waals surface area contributed by atoms with Crippen molar-refractivity contribution < 1.29 is 57.1 Å². The highest BCUT2D eigenvalue weighted by molar-refractivity contribution is 6.34. The van der Waals surface area contributed by atoms with Crippen molar-refractivity contribution in [3.63, 3.8) is 0 Å². The van der Waals surface area contributed by atoms with Gasteiger partial charge in [0.05, 0.1) is 83.1 Å². The van der Waals surface area contributed by atoms with Crippen molar-refractivity contribution in [3.05, 3.63) is 189 Å². The molecule has 0 spiro atoms. The van der Waals surface area contributed by atoms with Gasteiger partial charge in [-0.15, -0.1) is 0 Å². The van der Waals surface area contributed by atoms with Gasteiger partial charge in [-0.3, -0.25) is 39.1 Å². The molecule has 0 bridgehead atoms. The van der Waals surface area contributed by atoms with Gasteiger partial charge in [-0.1, -0.05) is 94.9 Å². The van der Waals surface area contributed by atoms with Gasteiger partial charge in [0.15, 0.2) is 0 Å². The summed E-state index contributed by atoms with van der Waals surface area (Å²) in [5.41, 5.74) is 14.3. The highest BCUT2D eigenvalue weighted by atomic mass is 35.5. The zero-order chi connectivity index (χ0) is 91.2. The molecule has 28 heteroatoms. The largest absolute Gasteiger partial charge is 0.385 e. The van der Waals surface area contributed by atoms with Crippen LogP contribution in [-0.4, -0.2) is 224 Å². The van der Waals surface area contributed by atoms with Crippen LogP contribution in [0.1, 0.15) is 128 Å². The van der Waals surface area contributed by atoms with Gasteiger partial charge in [0, 0.05) is 247 Å². The van der Waals surface area contributed by atoms with Crippen LogP contribution in [0.4, 0.5) is 22.7 Å². The van der Waals surface area contributed by atoms with Crippen LogP contribution in [0.25, 0.3) is 44.5 Å². The van der Waals surface area contributed by atoms with Crippen LogP contribution in [0.2, 0.25) is 20.1 Å². The maximum Gasteiger partial charge on any atom is 0.143 e. The van der Waals surface area contributed by atoms with Gasteiger partial charge in [-0.05, 0) is 225 Å². The second-order valence-electron chi connectivity index (χ2n) is 36.9. The number of benzene rings is 4.